The highest BCUT2D eigenvalue weighted by atomic mass is 19.4. The summed E-state index contributed by atoms with van der Waals surface area (Å²) in [5.74, 6) is 0.387. The van der Waals surface area contributed by atoms with Gasteiger partial charge in [-0.15, -0.1) is 10.2 Å². The maximum absolute atomic E-state index is 12.5. The van der Waals surface area contributed by atoms with Crippen LogP contribution in [0.3, 0.4) is 0 Å². The fraction of sp³-hybridized carbons (Fsp3) is 0.647. The lowest BCUT2D eigenvalue weighted by Gasteiger charge is -2.59. The Labute approximate surface area is 158 Å². The number of alkyl halides is 3. The van der Waals surface area contributed by atoms with E-state index in [4.69, 9.17) is 4.74 Å². The van der Waals surface area contributed by atoms with Crippen LogP contribution in [0.2, 0.25) is 0 Å². The Kier molecular flexibility index (Phi) is 4.54. The van der Waals surface area contributed by atoms with Gasteiger partial charge in [0.2, 0.25) is 5.91 Å². The van der Waals surface area contributed by atoms with Crippen molar-refractivity contribution in [3.8, 4) is 0 Å². The van der Waals surface area contributed by atoms with Crippen LogP contribution in [0.1, 0.15) is 31.4 Å². The van der Waals surface area contributed by atoms with Gasteiger partial charge in [-0.2, -0.15) is 13.2 Å². The summed E-state index contributed by atoms with van der Waals surface area (Å²) in [5.41, 5.74) is -0.919. The first-order valence-electron chi connectivity index (χ1n) is 9.11. The molecule has 1 spiro atoms. The number of alkyl carbamates (subject to hydrolysis) is 1. The average Bonchev–Trinajstić information content (AvgIpc) is 2.98. The van der Waals surface area contributed by atoms with Crippen LogP contribution in [-0.4, -0.2) is 58.9 Å². The molecule has 3 fully saturated rings. The van der Waals surface area contributed by atoms with E-state index in [1.165, 1.54) is 6.07 Å². The predicted molar refractivity (Wildman–Crippen MR) is 90.2 cm³/mol. The molecule has 0 unspecified atom stereocenters. The van der Waals surface area contributed by atoms with E-state index in [0.717, 1.165) is 18.9 Å². The van der Waals surface area contributed by atoms with Crippen LogP contribution in [0.15, 0.2) is 12.1 Å². The van der Waals surface area contributed by atoms with Gasteiger partial charge < -0.3 is 20.3 Å². The van der Waals surface area contributed by atoms with Crippen molar-refractivity contribution in [2.24, 2.45) is 5.41 Å². The zero-order valence-corrected chi connectivity index (χ0v) is 15.0. The lowest BCUT2D eigenvalue weighted by Crippen LogP contribution is -2.66. The van der Waals surface area contributed by atoms with Crippen molar-refractivity contribution in [3.63, 3.8) is 0 Å². The predicted octanol–water partition coefficient (Wildman–Crippen LogP) is 1.79. The van der Waals surface area contributed by atoms with Crippen molar-refractivity contribution < 1.29 is 27.5 Å². The maximum atomic E-state index is 12.5. The van der Waals surface area contributed by atoms with Gasteiger partial charge in [-0.3, -0.25) is 4.79 Å². The Bertz CT molecular complexity index is 756. The highest BCUT2D eigenvalue weighted by Gasteiger charge is 2.53. The fourth-order valence-electron chi connectivity index (χ4n) is 4.09. The summed E-state index contributed by atoms with van der Waals surface area (Å²) >= 11 is 0. The van der Waals surface area contributed by atoms with Gasteiger partial charge in [-0.05, 0) is 31.4 Å². The first-order valence-corrected chi connectivity index (χ1v) is 9.11. The largest absolute Gasteiger partial charge is 0.447 e. The maximum Gasteiger partial charge on any atom is 0.435 e. The van der Waals surface area contributed by atoms with E-state index >= 15 is 0 Å². The van der Waals surface area contributed by atoms with Crippen LogP contribution in [0.4, 0.5) is 23.8 Å². The van der Waals surface area contributed by atoms with Gasteiger partial charge in [0.15, 0.2) is 5.69 Å². The molecule has 1 aromatic rings. The Morgan fingerprint density at radius 3 is 2.64 bits per heavy atom. The number of carbonyl (C=O) groups excluding carboxylic acids is 2. The molecule has 28 heavy (non-hydrogen) atoms. The SMILES string of the molecule is O=C1N[C@H](CCC(=O)N2CC3(CC(Nc4ccc(C(F)(F)F)nn4)C3)C2)CO1. The molecule has 0 radical (unpaired) electrons. The highest BCUT2D eigenvalue weighted by Crippen LogP contribution is 2.49. The Morgan fingerprint density at radius 1 is 1.32 bits per heavy atom. The summed E-state index contributed by atoms with van der Waals surface area (Å²) in [6.45, 7) is 1.68. The Balaban J connectivity index is 1.17. The number of nitrogens with zero attached hydrogens (tertiary/aromatic N) is 3. The minimum absolute atomic E-state index is 0.0665. The van der Waals surface area contributed by atoms with E-state index in [2.05, 4.69) is 20.8 Å². The number of anilines is 1. The molecule has 1 atom stereocenters. The number of carbonyl (C=O) groups is 2. The molecular formula is C17H20F3N5O3. The average molecular weight is 399 g/mol. The molecule has 8 nitrogen and oxygen atoms in total. The number of halogens is 3. The topological polar surface area (TPSA) is 96.5 Å². The van der Waals surface area contributed by atoms with E-state index in [1.54, 1.807) is 0 Å². The normalized spacial score (nSPS) is 23.6. The first kappa shape index (κ1) is 18.8. The van der Waals surface area contributed by atoms with Crippen LogP contribution >= 0.6 is 0 Å². The van der Waals surface area contributed by atoms with E-state index in [9.17, 15) is 22.8 Å². The quantitative estimate of drug-likeness (QED) is 0.784. The number of cyclic esters (lactones) is 1. The van der Waals surface area contributed by atoms with E-state index < -0.39 is 18.0 Å². The molecule has 0 bridgehead atoms. The Hall–Kier alpha value is -2.59. The summed E-state index contributed by atoms with van der Waals surface area (Å²) in [7, 11) is 0. The molecule has 1 aliphatic carbocycles. The third kappa shape index (κ3) is 3.83. The van der Waals surface area contributed by atoms with Crippen molar-refractivity contribution in [1.82, 2.24) is 20.4 Å². The summed E-state index contributed by atoms with van der Waals surface area (Å²) in [4.78, 5) is 25.0. The molecule has 152 valence electrons. The van der Waals surface area contributed by atoms with Crippen molar-refractivity contribution in [3.05, 3.63) is 17.8 Å². The summed E-state index contributed by atoms with van der Waals surface area (Å²) in [6, 6.07) is 2.21. The number of hydrogen-bond acceptors (Lipinski definition) is 6. The lowest BCUT2D eigenvalue weighted by atomic mass is 9.60. The van der Waals surface area contributed by atoms with E-state index in [0.29, 0.717) is 38.4 Å². The molecule has 0 aromatic carbocycles. The summed E-state index contributed by atoms with van der Waals surface area (Å²) in [6.07, 6.45) is -2.33. The van der Waals surface area contributed by atoms with Crippen LogP contribution < -0.4 is 10.6 Å². The monoisotopic (exact) mass is 399 g/mol. The third-order valence-electron chi connectivity index (χ3n) is 5.52. The zero-order chi connectivity index (χ0) is 19.9. The Morgan fingerprint density at radius 2 is 2.07 bits per heavy atom. The smallest absolute Gasteiger partial charge is 0.435 e. The van der Waals surface area contributed by atoms with Gasteiger partial charge >= 0.3 is 12.3 Å². The van der Waals surface area contributed by atoms with Gasteiger partial charge in [-0.25, -0.2) is 4.79 Å². The van der Waals surface area contributed by atoms with Crippen LogP contribution in [-0.2, 0) is 15.7 Å². The molecule has 2 amide bonds. The van der Waals surface area contributed by atoms with Crippen molar-refractivity contribution >= 4 is 17.8 Å². The fourth-order valence-corrected chi connectivity index (χ4v) is 4.09. The van der Waals surface area contributed by atoms with Gasteiger partial charge in [0.05, 0.1) is 6.04 Å². The molecule has 1 saturated carbocycles. The molecular weight excluding hydrogens is 379 g/mol. The highest BCUT2D eigenvalue weighted by molar-refractivity contribution is 5.77. The van der Waals surface area contributed by atoms with Gasteiger partial charge in [0.25, 0.3) is 0 Å². The molecule has 2 saturated heterocycles. The van der Waals surface area contributed by atoms with Crippen LogP contribution in [0.25, 0.3) is 0 Å². The van der Waals surface area contributed by atoms with E-state index in [1.807, 2.05) is 4.90 Å². The second-order valence-electron chi connectivity index (χ2n) is 7.78. The minimum atomic E-state index is -4.50. The molecule has 1 aromatic heterocycles. The number of amides is 2. The van der Waals surface area contributed by atoms with Crippen molar-refractivity contribution in [2.75, 3.05) is 25.0 Å². The number of rotatable bonds is 5. The zero-order valence-electron chi connectivity index (χ0n) is 15.0. The molecule has 4 rings (SSSR count). The number of likely N-dealkylation sites (tertiary alicyclic amines) is 1. The molecule has 11 heteroatoms. The standard InChI is InChI=1S/C17H20F3N5O3/c18-17(19,20)12-2-3-13(24-23-12)21-11-5-16(6-11)8-25(9-16)14(26)4-1-10-7-28-15(27)22-10/h2-3,10-11H,1,4-9H2,(H,21,24)(H,22,27)/t10-/m1/s1. The number of nitrogens with one attached hydrogen (secondary N) is 2. The second kappa shape index (κ2) is 6.78. The summed E-state index contributed by atoms with van der Waals surface area (Å²) in [5, 5.41) is 12.5. The minimum Gasteiger partial charge on any atom is -0.447 e. The summed E-state index contributed by atoms with van der Waals surface area (Å²) < 4.78 is 42.3. The molecule has 3 aliphatic rings. The van der Waals surface area contributed by atoms with Crippen molar-refractivity contribution in [1.29, 1.82) is 0 Å². The van der Waals surface area contributed by atoms with Gasteiger partial charge in [0, 0.05) is 31.0 Å². The second-order valence-corrected chi connectivity index (χ2v) is 7.78. The number of hydrogen-bond donors (Lipinski definition) is 2. The number of aromatic nitrogens is 2. The molecule has 3 heterocycles. The number of ether oxygens (including phenoxy) is 1. The molecule has 2 N–H and O–H groups in total. The van der Waals surface area contributed by atoms with E-state index in [-0.39, 0.29) is 23.4 Å². The third-order valence-corrected chi connectivity index (χ3v) is 5.52. The van der Waals surface area contributed by atoms with Crippen molar-refractivity contribution in [2.45, 2.75) is 43.9 Å². The lowest BCUT2D eigenvalue weighted by molar-refractivity contribution is -0.150. The first-order chi connectivity index (χ1) is 13.2. The van der Waals surface area contributed by atoms with Crippen LogP contribution in [0, 0.1) is 5.41 Å². The van der Waals surface area contributed by atoms with Crippen LogP contribution in [0.5, 0.6) is 0 Å². The molecule has 2 aliphatic heterocycles. The van der Waals surface area contributed by atoms with Gasteiger partial charge in [-0.1, -0.05) is 0 Å². The van der Waals surface area contributed by atoms with Gasteiger partial charge in [0.1, 0.15) is 12.4 Å².